The first-order chi connectivity index (χ1) is 4.68. The van der Waals surface area contributed by atoms with E-state index in [1.54, 1.807) is 6.07 Å². The van der Waals surface area contributed by atoms with E-state index in [2.05, 4.69) is 4.74 Å². The Morgan fingerprint density at radius 3 is 2.90 bits per heavy atom. The highest BCUT2D eigenvalue weighted by Gasteiger charge is 2.01. The Morgan fingerprint density at radius 1 is 1.80 bits per heavy atom. The lowest BCUT2D eigenvalue weighted by Gasteiger charge is -1.90. The summed E-state index contributed by atoms with van der Waals surface area (Å²) in [6, 6.07) is 1.68. The molecule has 0 atom stereocenters. The summed E-state index contributed by atoms with van der Waals surface area (Å²) in [7, 11) is 0. The Hall–Kier alpha value is -1.03. The zero-order valence-electron chi connectivity index (χ0n) is 5.33. The fourth-order valence-electron chi connectivity index (χ4n) is 0.545. The molecule has 0 fully saturated rings. The van der Waals surface area contributed by atoms with Gasteiger partial charge in [-0.1, -0.05) is 0 Å². The SMILES string of the molecule is Cc1csc(OC(=O)O)c1. The van der Waals surface area contributed by atoms with Crippen molar-refractivity contribution in [2.24, 2.45) is 0 Å². The van der Waals surface area contributed by atoms with Crippen molar-refractivity contribution in [1.29, 1.82) is 0 Å². The van der Waals surface area contributed by atoms with E-state index in [1.807, 2.05) is 12.3 Å². The van der Waals surface area contributed by atoms with Crippen LogP contribution in [0.5, 0.6) is 5.06 Å². The zero-order valence-corrected chi connectivity index (χ0v) is 6.14. The quantitative estimate of drug-likeness (QED) is 0.637. The van der Waals surface area contributed by atoms with Crippen LogP contribution >= 0.6 is 11.3 Å². The lowest BCUT2D eigenvalue weighted by Crippen LogP contribution is -2.00. The third kappa shape index (κ3) is 1.73. The van der Waals surface area contributed by atoms with Crippen molar-refractivity contribution in [2.75, 3.05) is 0 Å². The molecule has 0 unspecified atom stereocenters. The topological polar surface area (TPSA) is 46.5 Å². The molecule has 0 aliphatic heterocycles. The van der Waals surface area contributed by atoms with E-state index in [4.69, 9.17) is 5.11 Å². The van der Waals surface area contributed by atoms with E-state index in [9.17, 15) is 4.79 Å². The molecule has 10 heavy (non-hydrogen) atoms. The summed E-state index contributed by atoms with van der Waals surface area (Å²) < 4.78 is 4.37. The Kier molecular flexibility index (Phi) is 1.91. The fraction of sp³-hybridized carbons (Fsp3) is 0.167. The highest BCUT2D eigenvalue weighted by molar-refractivity contribution is 7.12. The van der Waals surface area contributed by atoms with Crippen LogP contribution in [0.4, 0.5) is 4.79 Å². The molecule has 0 aromatic carbocycles. The lowest BCUT2D eigenvalue weighted by molar-refractivity contribution is 0.146. The second-order valence-electron chi connectivity index (χ2n) is 1.81. The summed E-state index contributed by atoms with van der Waals surface area (Å²) in [6.07, 6.45) is -1.26. The predicted octanol–water partition coefficient (Wildman–Crippen LogP) is 2.11. The van der Waals surface area contributed by atoms with Gasteiger partial charge < -0.3 is 9.84 Å². The van der Waals surface area contributed by atoms with Crippen LogP contribution in [0.15, 0.2) is 11.4 Å². The number of rotatable bonds is 1. The molecule has 0 radical (unpaired) electrons. The van der Waals surface area contributed by atoms with Crippen molar-refractivity contribution in [3.05, 3.63) is 17.0 Å². The molecule has 0 saturated heterocycles. The first-order valence-electron chi connectivity index (χ1n) is 2.64. The molecule has 0 bridgehead atoms. The number of carbonyl (C=O) groups is 1. The number of aryl methyl sites for hydroxylation is 1. The summed E-state index contributed by atoms with van der Waals surface area (Å²) in [5.74, 6) is 0. The van der Waals surface area contributed by atoms with E-state index in [0.29, 0.717) is 5.06 Å². The number of thiophene rings is 1. The summed E-state index contributed by atoms with van der Waals surface area (Å²) >= 11 is 1.27. The maximum Gasteiger partial charge on any atom is 0.512 e. The van der Waals surface area contributed by atoms with Crippen molar-refractivity contribution in [2.45, 2.75) is 6.92 Å². The van der Waals surface area contributed by atoms with Crippen molar-refractivity contribution in [1.82, 2.24) is 0 Å². The molecule has 1 N–H and O–H groups in total. The predicted molar refractivity (Wildman–Crippen MR) is 37.7 cm³/mol. The number of ether oxygens (including phenoxy) is 1. The summed E-state index contributed by atoms with van der Waals surface area (Å²) in [4.78, 5) is 9.96. The molecule has 0 amide bonds. The third-order valence-corrected chi connectivity index (χ3v) is 1.82. The average molecular weight is 158 g/mol. The van der Waals surface area contributed by atoms with Crippen molar-refractivity contribution >= 4 is 17.5 Å². The zero-order chi connectivity index (χ0) is 7.56. The van der Waals surface area contributed by atoms with E-state index in [0.717, 1.165) is 5.56 Å². The first-order valence-corrected chi connectivity index (χ1v) is 3.52. The van der Waals surface area contributed by atoms with Crippen LogP contribution in [0, 0.1) is 6.92 Å². The molecule has 0 aliphatic rings. The Bertz CT molecular complexity index is 241. The fourth-order valence-corrected chi connectivity index (χ4v) is 1.29. The van der Waals surface area contributed by atoms with Gasteiger partial charge in [-0.05, 0) is 23.9 Å². The van der Waals surface area contributed by atoms with Gasteiger partial charge in [-0.3, -0.25) is 0 Å². The van der Waals surface area contributed by atoms with Crippen LogP contribution in [0.2, 0.25) is 0 Å². The molecule has 1 heterocycles. The largest absolute Gasteiger partial charge is 0.512 e. The van der Waals surface area contributed by atoms with Crippen molar-refractivity contribution in [3.63, 3.8) is 0 Å². The number of carboxylic acid groups (broad SMARTS) is 1. The van der Waals surface area contributed by atoms with Crippen LogP contribution in [0.1, 0.15) is 5.56 Å². The van der Waals surface area contributed by atoms with Gasteiger partial charge in [0.2, 0.25) is 0 Å². The second kappa shape index (κ2) is 2.70. The van der Waals surface area contributed by atoms with Gasteiger partial charge >= 0.3 is 6.16 Å². The van der Waals surface area contributed by atoms with E-state index in [-0.39, 0.29) is 0 Å². The molecule has 54 valence electrons. The minimum Gasteiger partial charge on any atom is -0.449 e. The molecule has 4 heteroatoms. The average Bonchev–Trinajstić information content (AvgIpc) is 2.13. The third-order valence-electron chi connectivity index (χ3n) is 0.894. The van der Waals surface area contributed by atoms with Crippen LogP contribution in [0.25, 0.3) is 0 Å². The standard InChI is InChI=1S/C6H6O3S/c1-4-2-5(10-3-4)9-6(7)8/h2-3H,1H3,(H,7,8). The van der Waals surface area contributed by atoms with Crippen LogP contribution < -0.4 is 4.74 Å². The lowest BCUT2D eigenvalue weighted by atomic mass is 10.4. The van der Waals surface area contributed by atoms with Gasteiger partial charge in [0.15, 0.2) is 5.06 Å². The highest BCUT2D eigenvalue weighted by atomic mass is 32.1. The van der Waals surface area contributed by atoms with Crippen molar-refractivity contribution in [3.8, 4) is 5.06 Å². The Morgan fingerprint density at radius 2 is 2.50 bits per heavy atom. The number of hydrogen-bond donors (Lipinski definition) is 1. The molecule has 1 rings (SSSR count). The molecular formula is C6H6O3S. The van der Waals surface area contributed by atoms with E-state index in [1.165, 1.54) is 11.3 Å². The van der Waals surface area contributed by atoms with Gasteiger partial charge in [-0.2, -0.15) is 0 Å². The molecular weight excluding hydrogens is 152 g/mol. The van der Waals surface area contributed by atoms with Gasteiger partial charge in [-0.25, -0.2) is 4.79 Å². The smallest absolute Gasteiger partial charge is 0.449 e. The Balaban J connectivity index is 2.67. The molecule has 0 spiro atoms. The summed E-state index contributed by atoms with van der Waals surface area (Å²) in [5, 5.41) is 10.4. The highest BCUT2D eigenvalue weighted by Crippen LogP contribution is 2.21. The Labute approximate surface area is 61.9 Å². The molecule has 0 aliphatic carbocycles. The van der Waals surface area contributed by atoms with Crippen LogP contribution in [-0.4, -0.2) is 11.3 Å². The van der Waals surface area contributed by atoms with Gasteiger partial charge in [0.25, 0.3) is 0 Å². The summed E-state index contributed by atoms with van der Waals surface area (Å²) in [5.41, 5.74) is 1.02. The van der Waals surface area contributed by atoms with Crippen molar-refractivity contribution < 1.29 is 14.6 Å². The van der Waals surface area contributed by atoms with Gasteiger partial charge in [0.05, 0.1) is 0 Å². The van der Waals surface area contributed by atoms with E-state index < -0.39 is 6.16 Å². The second-order valence-corrected chi connectivity index (χ2v) is 2.68. The maximum atomic E-state index is 9.96. The van der Waals surface area contributed by atoms with Gasteiger partial charge in [-0.15, -0.1) is 11.3 Å². The van der Waals surface area contributed by atoms with Crippen LogP contribution in [-0.2, 0) is 0 Å². The number of hydrogen-bond acceptors (Lipinski definition) is 3. The molecule has 3 nitrogen and oxygen atoms in total. The minimum absolute atomic E-state index is 0.421. The van der Waals surface area contributed by atoms with E-state index >= 15 is 0 Å². The molecule has 0 saturated carbocycles. The molecule has 1 aromatic rings. The molecule has 1 aromatic heterocycles. The van der Waals surface area contributed by atoms with Gasteiger partial charge in [0, 0.05) is 0 Å². The first kappa shape index (κ1) is 7.08. The minimum atomic E-state index is -1.26. The van der Waals surface area contributed by atoms with Crippen LogP contribution in [0.3, 0.4) is 0 Å². The monoisotopic (exact) mass is 158 g/mol. The maximum absolute atomic E-state index is 9.96. The van der Waals surface area contributed by atoms with Gasteiger partial charge in [0.1, 0.15) is 0 Å². The summed E-state index contributed by atoms with van der Waals surface area (Å²) in [6.45, 7) is 1.88. The normalized spacial score (nSPS) is 9.30.